The molecule has 0 spiro atoms. The minimum absolute atomic E-state index is 0.279. The summed E-state index contributed by atoms with van der Waals surface area (Å²) in [7, 11) is 0. The summed E-state index contributed by atoms with van der Waals surface area (Å²) >= 11 is 0. The number of hydrogen-bond acceptors (Lipinski definition) is 5. The van der Waals surface area contributed by atoms with Crippen molar-refractivity contribution in [2.24, 2.45) is 0 Å². The molecule has 7 heteroatoms. The van der Waals surface area contributed by atoms with Gasteiger partial charge in [-0.3, -0.25) is 0 Å². The first-order valence-electron chi connectivity index (χ1n) is 9.51. The molecule has 28 heavy (non-hydrogen) atoms. The maximum atomic E-state index is 8.96. The lowest BCUT2D eigenvalue weighted by atomic mass is 9.90. The zero-order chi connectivity index (χ0) is 19.3. The van der Waals surface area contributed by atoms with E-state index in [-0.39, 0.29) is 6.04 Å². The Balaban J connectivity index is 1.74. The van der Waals surface area contributed by atoms with Crippen molar-refractivity contribution >= 4 is 22.1 Å². The highest BCUT2D eigenvalue weighted by molar-refractivity contribution is 6.02. The quantitative estimate of drug-likeness (QED) is 0.512. The van der Waals surface area contributed by atoms with Crippen LogP contribution in [0.5, 0.6) is 0 Å². The van der Waals surface area contributed by atoms with E-state index in [2.05, 4.69) is 31.7 Å². The van der Waals surface area contributed by atoms with Gasteiger partial charge in [0.2, 0.25) is 0 Å². The van der Waals surface area contributed by atoms with E-state index in [1.54, 1.807) is 6.08 Å². The lowest BCUT2D eigenvalue weighted by molar-refractivity contribution is 0.406. The van der Waals surface area contributed by atoms with Crippen LogP contribution in [0.4, 0.5) is 0 Å². The molecule has 0 aliphatic heterocycles. The number of nitrogens with zero attached hydrogens (tertiary/aromatic N) is 5. The van der Waals surface area contributed by atoms with E-state index in [0.717, 1.165) is 65.0 Å². The number of allylic oxidation sites excluding steroid dienone is 2. The number of aromatic nitrogens is 5. The molecule has 0 atom stereocenters. The van der Waals surface area contributed by atoms with Crippen LogP contribution in [0.1, 0.15) is 43.3 Å². The Kier molecular flexibility index (Phi) is 3.79. The number of imidazole rings is 1. The van der Waals surface area contributed by atoms with Gasteiger partial charge in [0.1, 0.15) is 11.2 Å². The molecule has 5 rings (SSSR count). The molecule has 4 aromatic rings. The molecule has 4 aromatic heterocycles. The molecule has 0 aromatic carbocycles. The monoisotopic (exact) mass is 372 g/mol. The number of hydrogen-bond donors (Lipinski definition) is 1. The van der Waals surface area contributed by atoms with E-state index in [9.17, 15) is 0 Å². The molecule has 140 valence electrons. The smallest absolute Gasteiger partial charge is 0.193 e. The fraction of sp³-hybridized carbons (Fsp3) is 0.333. The first-order chi connectivity index (χ1) is 13.7. The van der Waals surface area contributed by atoms with Gasteiger partial charge in [-0.25, -0.2) is 15.0 Å². The molecule has 4 heterocycles. The van der Waals surface area contributed by atoms with Gasteiger partial charge in [-0.2, -0.15) is 5.26 Å². The highest BCUT2D eigenvalue weighted by atomic mass is 16.4. The second-order valence-electron chi connectivity index (χ2n) is 7.35. The molecule has 1 fully saturated rings. The van der Waals surface area contributed by atoms with Gasteiger partial charge in [-0.05, 0) is 38.7 Å². The molecule has 0 radical (unpaired) electrons. The van der Waals surface area contributed by atoms with Crippen molar-refractivity contribution in [1.29, 1.82) is 5.26 Å². The van der Waals surface area contributed by atoms with E-state index < -0.39 is 0 Å². The summed E-state index contributed by atoms with van der Waals surface area (Å²) in [4.78, 5) is 17.0. The fourth-order valence-corrected chi connectivity index (χ4v) is 4.31. The molecule has 0 amide bonds. The molecular formula is C21H20N6O. The first-order valence-corrected chi connectivity index (χ1v) is 9.51. The highest BCUT2D eigenvalue weighted by Gasteiger charge is 2.27. The van der Waals surface area contributed by atoms with Crippen molar-refractivity contribution in [1.82, 2.24) is 24.5 Å². The summed E-state index contributed by atoms with van der Waals surface area (Å²) in [6, 6.07) is 4.50. The molecule has 1 aliphatic rings. The molecule has 0 unspecified atom stereocenters. The van der Waals surface area contributed by atoms with Crippen LogP contribution in [-0.4, -0.2) is 24.5 Å². The van der Waals surface area contributed by atoms with Crippen molar-refractivity contribution in [2.45, 2.75) is 45.6 Å². The number of pyridine rings is 1. The van der Waals surface area contributed by atoms with Crippen molar-refractivity contribution in [3.8, 4) is 17.7 Å². The Morgan fingerprint density at radius 2 is 2.11 bits per heavy atom. The van der Waals surface area contributed by atoms with Crippen LogP contribution >= 0.6 is 0 Å². The van der Waals surface area contributed by atoms with Gasteiger partial charge in [-0.1, -0.05) is 5.57 Å². The predicted octanol–water partition coefficient (Wildman–Crippen LogP) is 4.75. The molecular weight excluding hydrogens is 352 g/mol. The van der Waals surface area contributed by atoms with Gasteiger partial charge in [0.15, 0.2) is 17.5 Å². The maximum absolute atomic E-state index is 8.96. The van der Waals surface area contributed by atoms with Crippen LogP contribution in [-0.2, 0) is 0 Å². The average molecular weight is 372 g/mol. The first kappa shape index (κ1) is 16.8. The topological polar surface area (TPSA) is 96.3 Å². The van der Waals surface area contributed by atoms with Crippen LogP contribution in [0.2, 0.25) is 0 Å². The van der Waals surface area contributed by atoms with E-state index in [1.807, 2.05) is 26.2 Å². The zero-order valence-corrected chi connectivity index (χ0v) is 15.9. The summed E-state index contributed by atoms with van der Waals surface area (Å²) in [5.74, 6) is 2.16. The summed E-state index contributed by atoms with van der Waals surface area (Å²) < 4.78 is 8.25. The Bertz CT molecular complexity index is 1260. The third-order valence-corrected chi connectivity index (χ3v) is 5.57. The van der Waals surface area contributed by atoms with Gasteiger partial charge in [0, 0.05) is 30.6 Å². The van der Waals surface area contributed by atoms with Crippen molar-refractivity contribution < 1.29 is 4.42 Å². The number of nitrogens with one attached hydrogen (secondary N) is 1. The number of fused-ring (bicyclic) bond motifs is 3. The number of H-pyrrole nitrogens is 1. The van der Waals surface area contributed by atoms with E-state index in [0.29, 0.717) is 5.89 Å². The molecule has 1 saturated carbocycles. The van der Waals surface area contributed by atoms with Crippen LogP contribution in [0.3, 0.4) is 0 Å². The van der Waals surface area contributed by atoms with Gasteiger partial charge >= 0.3 is 0 Å². The molecule has 7 nitrogen and oxygen atoms in total. The SMILES string of the molecule is Cc1nc(C)c(-c2nc3cnc4[nH]ccc4c3n2C2CCC(=CC#N)CC2)o1. The minimum Gasteiger partial charge on any atom is -0.437 e. The normalized spacial score (nSPS) is 17.3. The Morgan fingerprint density at radius 1 is 1.29 bits per heavy atom. The largest absolute Gasteiger partial charge is 0.437 e. The van der Waals surface area contributed by atoms with Crippen molar-refractivity contribution in [2.75, 3.05) is 0 Å². The Hall–Kier alpha value is -3.40. The number of aryl methyl sites for hydroxylation is 2. The van der Waals surface area contributed by atoms with Crippen LogP contribution in [0.15, 0.2) is 34.5 Å². The number of rotatable bonds is 2. The lowest BCUT2D eigenvalue weighted by Gasteiger charge is -2.26. The molecule has 1 aliphatic carbocycles. The van der Waals surface area contributed by atoms with Crippen LogP contribution < -0.4 is 0 Å². The number of aromatic amines is 1. The molecule has 1 N–H and O–H groups in total. The predicted molar refractivity (Wildman–Crippen MR) is 106 cm³/mol. The second kappa shape index (κ2) is 6.34. The lowest BCUT2D eigenvalue weighted by Crippen LogP contribution is -2.15. The zero-order valence-electron chi connectivity index (χ0n) is 15.9. The highest BCUT2D eigenvalue weighted by Crippen LogP contribution is 2.39. The number of nitriles is 1. The Labute approximate surface area is 161 Å². The van der Waals surface area contributed by atoms with E-state index in [4.69, 9.17) is 14.7 Å². The average Bonchev–Trinajstić information content (AvgIpc) is 3.38. The van der Waals surface area contributed by atoms with Gasteiger partial charge < -0.3 is 14.0 Å². The van der Waals surface area contributed by atoms with Gasteiger partial charge in [-0.15, -0.1) is 0 Å². The summed E-state index contributed by atoms with van der Waals surface area (Å²) in [5, 5.41) is 10.0. The maximum Gasteiger partial charge on any atom is 0.193 e. The third kappa shape index (κ3) is 2.53. The van der Waals surface area contributed by atoms with E-state index >= 15 is 0 Å². The summed E-state index contributed by atoms with van der Waals surface area (Å²) in [5.41, 5.74) is 4.85. The summed E-state index contributed by atoms with van der Waals surface area (Å²) in [6.07, 6.45) is 9.20. The Morgan fingerprint density at radius 3 is 2.82 bits per heavy atom. The van der Waals surface area contributed by atoms with Crippen molar-refractivity contribution in [3.05, 3.63) is 41.7 Å². The standard InChI is InChI=1S/C21H20N6O/c1-12-19(28-13(2)25-12)21-26-17-11-24-20-16(8-10-23-20)18(17)27(21)15-5-3-14(4-6-15)7-9-22/h7-8,10-11,15H,3-6H2,1-2H3,(H,23,24). The molecule has 0 saturated heterocycles. The van der Waals surface area contributed by atoms with Crippen LogP contribution in [0, 0.1) is 25.2 Å². The fourth-order valence-electron chi connectivity index (χ4n) is 4.31. The second-order valence-corrected chi connectivity index (χ2v) is 7.35. The van der Waals surface area contributed by atoms with Crippen LogP contribution in [0.25, 0.3) is 33.7 Å². The van der Waals surface area contributed by atoms with Crippen molar-refractivity contribution in [3.63, 3.8) is 0 Å². The van der Waals surface area contributed by atoms with Gasteiger partial charge in [0.05, 0.1) is 23.5 Å². The molecule has 0 bridgehead atoms. The summed E-state index contributed by atoms with van der Waals surface area (Å²) in [6.45, 7) is 3.81. The third-order valence-electron chi connectivity index (χ3n) is 5.57. The van der Waals surface area contributed by atoms with E-state index in [1.165, 1.54) is 5.57 Å². The number of oxazole rings is 1. The van der Waals surface area contributed by atoms with Gasteiger partial charge in [0.25, 0.3) is 0 Å². The minimum atomic E-state index is 0.279.